The van der Waals surface area contributed by atoms with Crippen LogP contribution >= 0.6 is 0 Å². The van der Waals surface area contributed by atoms with Gasteiger partial charge in [0.2, 0.25) is 0 Å². The summed E-state index contributed by atoms with van der Waals surface area (Å²) in [5, 5.41) is 5.90. The molecule has 2 aromatic rings. The Kier molecular flexibility index (Phi) is 5.65. The lowest BCUT2D eigenvalue weighted by atomic mass is 9.93. The van der Waals surface area contributed by atoms with Crippen molar-refractivity contribution < 1.29 is 13.9 Å². The van der Waals surface area contributed by atoms with Crippen molar-refractivity contribution in [2.24, 2.45) is 0 Å². The maximum atomic E-state index is 12.8. The fraction of sp³-hybridized carbons (Fsp3) is 0.421. The van der Waals surface area contributed by atoms with Crippen LogP contribution in [0.4, 0.5) is 14.9 Å². The van der Waals surface area contributed by atoms with Crippen LogP contribution in [-0.2, 0) is 0 Å². The van der Waals surface area contributed by atoms with Crippen LogP contribution in [0.5, 0.6) is 6.01 Å². The van der Waals surface area contributed by atoms with Gasteiger partial charge in [-0.15, -0.1) is 0 Å². The van der Waals surface area contributed by atoms with Gasteiger partial charge in [-0.1, -0.05) is 6.07 Å². The first-order chi connectivity index (χ1) is 12.5. The summed E-state index contributed by atoms with van der Waals surface area (Å²) in [7, 11) is 0. The third-order valence-electron chi connectivity index (χ3n) is 4.36. The van der Waals surface area contributed by atoms with Crippen LogP contribution in [0.15, 0.2) is 30.6 Å². The number of carbonyl (C=O) groups excluding carboxylic acids is 1. The summed E-state index contributed by atoms with van der Waals surface area (Å²) >= 11 is 0. The molecule has 2 N–H and O–H groups in total. The highest BCUT2D eigenvalue weighted by Crippen LogP contribution is 2.22. The zero-order valence-electron chi connectivity index (χ0n) is 15.0. The fourth-order valence-corrected chi connectivity index (χ4v) is 3.23. The van der Waals surface area contributed by atoms with E-state index in [2.05, 4.69) is 26.7 Å². The van der Waals surface area contributed by atoms with Gasteiger partial charge >= 0.3 is 12.0 Å². The number of rotatable bonds is 4. The van der Waals surface area contributed by atoms with Crippen LogP contribution in [0.2, 0.25) is 0 Å². The molecule has 0 radical (unpaired) electrons. The molecule has 138 valence electrons. The highest BCUT2D eigenvalue weighted by atomic mass is 19.1. The molecule has 0 unspecified atom stereocenters. The van der Waals surface area contributed by atoms with Crippen molar-refractivity contribution in [2.45, 2.75) is 51.7 Å². The van der Waals surface area contributed by atoms with Crippen LogP contribution in [0.1, 0.15) is 36.8 Å². The summed E-state index contributed by atoms with van der Waals surface area (Å²) in [4.78, 5) is 19.8. The molecule has 1 aromatic heterocycles. The SMILES string of the molecule is Cc1cc(C)cc(NC(=O)NC2CCC(Oc3ncc(F)cn3)CC2)c1. The molecule has 1 saturated carbocycles. The molecule has 0 bridgehead atoms. The number of ether oxygens (including phenoxy) is 1. The number of aromatic nitrogens is 2. The molecule has 26 heavy (non-hydrogen) atoms. The number of hydrogen-bond acceptors (Lipinski definition) is 4. The molecule has 0 atom stereocenters. The second kappa shape index (κ2) is 8.12. The summed E-state index contributed by atoms with van der Waals surface area (Å²) in [5.41, 5.74) is 3.02. The van der Waals surface area contributed by atoms with Crippen LogP contribution < -0.4 is 15.4 Å². The first-order valence-corrected chi connectivity index (χ1v) is 8.78. The van der Waals surface area contributed by atoms with Crippen molar-refractivity contribution in [2.75, 3.05) is 5.32 Å². The van der Waals surface area contributed by atoms with E-state index in [-0.39, 0.29) is 24.2 Å². The van der Waals surface area contributed by atoms with Crippen LogP contribution in [0.3, 0.4) is 0 Å². The van der Waals surface area contributed by atoms with E-state index in [1.807, 2.05) is 26.0 Å². The van der Waals surface area contributed by atoms with E-state index in [4.69, 9.17) is 4.74 Å². The Morgan fingerprint density at radius 1 is 1.08 bits per heavy atom. The predicted molar refractivity (Wildman–Crippen MR) is 96.7 cm³/mol. The van der Waals surface area contributed by atoms with E-state index >= 15 is 0 Å². The summed E-state index contributed by atoms with van der Waals surface area (Å²) in [5.74, 6) is -0.486. The topological polar surface area (TPSA) is 76.1 Å². The standard InChI is InChI=1S/C19H23FN4O2/c1-12-7-13(2)9-16(8-12)24-18(25)23-15-3-5-17(6-4-15)26-19-21-10-14(20)11-22-19/h7-11,15,17H,3-6H2,1-2H3,(H2,23,24,25). The second-order valence-corrected chi connectivity index (χ2v) is 6.75. The van der Waals surface area contributed by atoms with Crippen molar-refractivity contribution in [3.63, 3.8) is 0 Å². The third kappa shape index (κ3) is 5.15. The molecule has 1 aliphatic carbocycles. The minimum absolute atomic E-state index is 0.0130. The van der Waals surface area contributed by atoms with E-state index in [1.165, 1.54) is 0 Å². The number of anilines is 1. The van der Waals surface area contributed by atoms with E-state index in [1.54, 1.807) is 0 Å². The van der Waals surface area contributed by atoms with Gasteiger partial charge in [0.25, 0.3) is 0 Å². The zero-order chi connectivity index (χ0) is 18.5. The fourth-order valence-electron chi connectivity index (χ4n) is 3.23. The average molecular weight is 358 g/mol. The normalized spacial score (nSPS) is 19.7. The van der Waals surface area contributed by atoms with Gasteiger partial charge in [-0.25, -0.2) is 19.2 Å². The first kappa shape index (κ1) is 18.1. The number of urea groups is 1. The molecule has 0 aliphatic heterocycles. The minimum Gasteiger partial charge on any atom is -0.460 e. The number of aryl methyl sites for hydroxylation is 2. The Bertz CT molecular complexity index is 738. The average Bonchev–Trinajstić information content (AvgIpc) is 2.57. The monoisotopic (exact) mass is 358 g/mol. The quantitative estimate of drug-likeness (QED) is 0.873. The minimum atomic E-state index is -0.486. The van der Waals surface area contributed by atoms with Crippen LogP contribution in [-0.4, -0.2) is 28.1 Å². The van der Waals surface area contributed by atoms with Crippen molar-refractivity contribution in [3.05, 3.63) is 47.5 Å². The van der Waals surface area contributed by atoms with Gasteiger partial charge in [0.15, 0.2) is 5.82 Å². The first-order valence-electron chi connectivity index (χ1n) is 8.78. The summed E-state index contributed by atoms with van der Waals surface area (Å²) < 4.78 is 18.5. The zero-order valence-corrected chi connectivity index (χ0v) is 15.0. The summed E-state index contributed by atoms with van der Waals surface area (Å²) in [6.45, 7) is 4.00. The lowest BCUT2D eigenvalue weighted by molar-refractivity contribution is 0.129. The Labute approximate surface area is 152 Å². The molecular formula is C19H23FN4O2. The van der Waals surface area contributed by atoms with E-state index in [9.17, 15) is 9.18 Å². The number of nitrogens with zero attached hydrogens (tertiary/aromatic N) is 2. The van der Waals surface area contributed by atoms with Crippen LogP contribution in [0, 0.1) is 19.7 Å². The van der Waals surface area contributed by atoms with E-state index < -0.39 is 5.82 Å². The molecule has 1 aliphatic rings. The lowest BCUT2D eigenvalue weighted by Crippen LogP contribution is -2.41. The maximum Gasteiger partial charge on any atom is 0.319 e. The maximum absolute atomic E-state index is 12.8. The number of nitrogens with one attached hydrogen (secondary N) is 2. The molecule has 1 fully saturated rings. The van der Waals surface area contributed by atoms with Crippen molar-refractivity contribution >= 4 is 11.7 Å². The van der Waals surface area contributed by atoms with Gasteiger partial charge in [0.05, 0.1) is 12.4 Å². The van der Waals surface area contributed by atoms with Gasteiger partial charge in [0.1, 0.15) is 6.10 Å². The Balaban J connectivity index is 1.44. The Morgan fingerprint density at radius 3 is 2.31 bits per heavy atom. The lowest BCUT2D eigenvalue weighted by Gasteiger charge is -2.28. The van der Waals surface area contributed by atoms with Gasteiger partial charge in [0, 0.05) is 11.7 Å². The van der Waals surface area contributed by atoms with E-state index in [0.717, 1.165) is 54.9 Å². The third-order valence-corrected chi connectivity index (χ3v) is 4.36. The smallest absolute Gasteiger partial charge is 0.319 e. The Morgan fingerprint density at radius 2 is 1.69 bits per heavy atom. The van der Waals surface area contributed by atoms with Gasteiger partial charge < -0.3 is 15.4 Å². The summed E-state index contributed by atoms with van der Waals surface area (Å²) in [6, 6.07) is 6.06. The number of hydrogen-bond donors (Lipinski definition) is 2. The highest BCUT2D eigenvalue weighted by Gasteiger charge is 2.24. The largest absolute Gasteiger partial charge is 0.460 e. The molecular weight excluding hydrogens is 335 g/mol. The number of carbonyl (C=O) groups is 1. The molecule has 2 amide bonds. The molecule has 1 aromatic carbocycles. The molecule has 3 rings (SSSR count). The number of halogens is 1. The predicted octanol–water partition coefficient (Wildman–Crippen LogP) is 3.74. The van der Waals surface area contributed by atoms with Gasteiger partial charge in [-0.2, -0.15) is 0 Å². The van der Waals surface area contributed by atoms with Gasteiger partial charge in [-0.05, 0) is 62.8 Å². The van der Waals surface area contributed by atoms with Crippen molar-refractivity contribution in [1.29, 1.82) is 0 Å². The second-order valence-electron chi connectivity index (χ2n) is 6.75. The highest BCUT2D eigenvalue weighted by molar-refractivity contribution is 5.89. The van der Waals surface area contributed by atoms with Crippen molar-refractivity contribution in [3.8, 4) is 6.01 Å². The van der Waals surface area contributed by atoms with Crippen molar-refractivity contribution in [1.82, 2.24) is 15.3 Å². The molecule has 0 saturated heterocycles. The summed E-state index contributed by atoms with van der Waals surface area (Å²) in [6.07, 6.45) is 5.36. The molecule has 1 heterocycles. The molecule has 0 spiro atoms. The Hall–Kier alpha value is -2.70. The van der Waals surface area contributed by atoms with Crippen LogP contribution in [0.25, 0.3) is 0 Å². The molecule has 7 heteroatoms. The number of benzene rings is 1. The number of amides is 2. The van der Waals surface area contributed by atoms with E-state index in [0.29, 0.717) is 0 Å². The molecule has 6 nitrogen and oxygen atoms in total. The van der Waals surface area contributed by atoms with Gasteiger partial charge in [-0.3, -0.25) is 0 Å².